The zero-order chi connectivity index (χ0) is 20.6. The normalized spacial score (nSPS) is 11.3. The maximum absolute atomic E-state index is 12.6. The van der Waals surface area contributed by atoms with Gasteiger partial charge in [0.15, 0.2) is 6.61 Å². The van der Waals surface area contributed by atoms with Crippen LogP contribution in [0.4, 0.5) is 18.9 Å². The van der Waals surface area contributed by atoms with Crippen LogP contribution in [0.2, 0.25) is 0 Å². The first-order valence-electron chi connectivity index (χ1n) is 8.32. The van der Waals surface area contributed by atoms with Gasteiger partial charge >= 0.3 is 12.1 Å². The van der Waals surface area contributed by atoms with Crippen LogP contribution in [0.1, 0.15) is 18.1 Å². The molecule has 0 heterocycles. The van der Waals surface area contributed by atoms with Crippen molar-refractivity contribution in [2.75, 3.05) is 18.5 Å². The third-order valence-electron chi connectivity index (χ3n) is 3.42. The molecule has 0 saturated carbocycles. The second kappa shape index (κ2) is 9.59. The van der Waals surface area contributed by atoms with Crippen molar-refractivity contribution in [2.24, 2.45) is 0 Å². The molecule has 0 radical (unpaired) electrons. The predicted octanol–water partition coefficient (Wildman–Crippen LogP) is 4.30. The summed E-state index contributed by atoms with van der Waals surface area (Å²) < 4.78 is 48.0. The number of benzene rings is 2. The highest BCUT2D eigenvalue weighted by atomic mass is 19.4. The fourth-order valence-corrected chi connectivity index (χ4v) is 2.17. The summed E-state index contributed by atoms with van der Waals surface area (Å²) in [6.07, 6.45) is -2.33. The maximum Gasteiger partial charge on any atom is 0.416 e. The Bertz CT molecular complexity index is 845. The van der Waals surface area contributed by atoms with Crippen molar-refractivity contribution in [1.82, 2.24) is 0 Å². The van der Waals surface area contributed by atoms with Crippen molar-refractivity contribution >= 4 is 23.6 Å². The van der Waals surface area contributed by atoms with Gasteiger partial charge in [-0.3, -0.25) is 4.79 Å². The van der Waals surface area contributed by atoms with Gasteiger partial charge in [-0.15, -0.1) is 0 Å². The molecule has 148 valence electrons. The lowest BCUT2D eigenvalue weighted by atomic mass is 10.1. The highest BCUT2D eigenvalue weighted by Gasteiger charge is 2.30. The minimum absolute atomic E-state index is 0.186. The van der Waals surface area contributed by atoms with Gasteiger partial charge in [0.2, 0.25) is 0 Å². The largest absolute Gasteiger partial charge is 0.494 e. The van der Waals surface area contributed by atoms with Crippen LogP contribution in [0.25, 0.3) is 6.08 Å². The van der Waals surface area contributed by atoms with Crippen LogP contribution in [0.15, 0.2) is 54.6 Å². The van der Waals surface area contributed by atoms with E-state index >= 15 is 0 Å². The SMILES string of the molecule is CCOc1ccc(NC(=O)COC(=O)/C=C/c2cccc(C(F)(F)F)c2)cc1. The van der Waals surface area contributed by atoms with Crippen LogP contribution in [0.3, 0.4) is 0 Å². The van der Waals surface area contributed by atoms with Gasteiger partial charge in [0.05, 0.1) is 12.2 Å². The Morgan fingerprint density at radius 1 is 1.11 bits per heavy atom. The molecule has 2 aromatic rings. The van der Waals surface area contributed by atoms with E-state index in [0.717, 1.165) is 18.2 Å². The molecule has 2 rings (SSSR count). The number of amides is 1. The van der Waals surface area contributed by atoms with Crippen molar-refractivity contribution in [2.45, 2.75) is 13.1 Å². The average molecular weight is 393 g/mol. The molecule has 0 saturated heterocycles. The second-order valence-electron chi connectivity index (χ2n) is 5.57. The van der Waals surface area contributed by atoms with Gasteiger partial charge in [-0.2, -0.15) is 13.2 Å². The molecule has 0 aliphatic heterocycles. The van der Waals surface area contributed by atoms with Crippen molar-refractivity contribution in [1.29, 1.82) is 0 Å². The van der Waals surface area contributed by atoms with E-state index in [1.54, 1.807) is 24.3 Å². The van der Waals surface area contributed by atoms with Crippen LogP contribution in [-0.2, 0) is 20.5 Å². The summed E-state index contributed by atoms with van der Waals surface area (Å²) in [7, 11) is 0. The second-order valence-corrected chi connectivity index (χ2v) is 5.57. The average Bonchev–Trinajstić information content (AvgIpc) is 2.66. The monoisotopic (exact) mass is 393 g/mol. The fraction of sp³-hybridized carbons (Fsp3) is 0.200. The van der Waals surface area contributed by atoms with Gasteiger partial charge in [0.1, 0.15) is 5.75 Å². The summed E-state index contributed by atoms with van der Waals surface area (Å²) in [5.41, 5.74) is -0.132. The highest BCUT2D eigenvalue weighted by molar-refractivity contribution is 5.94. The van der Waals surface area contributed by atoms with Gasteiger partial charge in [-0.1, -0.05) is 12.1 Å². The zero-order valence-electron chi connectivity index (χ0n) is 15.0. The molecule has 1 N–H and O–H groups in total. The fourth-order valence-electron chi connectivity index (χ4n) is 2.17. The van der Waals surface area contributed by atoms with E-state index in [-0.39, 0.29) is 5.56 Å². The van der Waals surface area contributed by atoms with Gasteiger partial charge < -0.3 is 14.8 Å². The molecular weight excluding hydrogens is 375 g/mol. The Labute approximate surface area is 159 Å². The predicted molar refractivity (Wildman–Crippen MR) is 97.7 cm³/mol. The topological polar surface area (TPSA) is 64.6 Å². The summed E-state index contributed by atoms with van der Waals surface area (Å²) in [5.74, 6) is -0.740. The number of hydrogen-bond acceptors (Lipinski definition) is 4. The first-order chi connectivity index (χ1) is 13.3. The van der Waals surface area contributed by atoms with E-state index in [1.165, 1.54) is 18.2 Å². The third kappa shape index (κ3) is 6.79. The number of carbonyl (C=O) groups is 2. The summed E-state index contributed by atoms with van der Waals surface area (Å²) in [4.78, 5) is 23.4. The number of halogens is 3. The van der Waals surface area contributed by atoms with Gasteiger partial charge in [-0.05, 0) is 55.0 Å². The van der Waals surface area contributed by atoms with Crippen LogP contribution in [0, 0.1) is 0 Å². The number of ether oxygens (including phenoxy) is 2. The standard InChI is InChI=1S/C20H18F3NO4/c1-2-27-17-9-7-16(8-10-17)24-18(25)13-28-19(26)11-6-14-4-3-5-15(12-14)20(21,22)23/h3-12H,2,13H2,1H3,(H,24,25)/b11-6+. The Morgan fingerprint density at radius 3 is 2.46 bits per heavy atom. The number of esters is 1. The molecule has 0 spiro atoms. The summed E-state index contributed by atoms with van der Waals surface area (Å²) in [5, 5.41) is 2.54. The van der Waals surface area contributed by atoms with Crippen molar-refractivity contribution in [3.8, 4) is 5.75 Å². The smallest absolute Gasteiger partial charge is 0.416 e. The van der Waals surface area contributed by atoms with E-state index in [2.05, 4.69) is 5.32 Å². The van der Waals surface area contributed by atoms with Gasteiger partial charge in [0, 0.05) is 11.8 Å². The Balaban J connectivity index is 1.83. The molecule has 5 nitrogen and oxygen atoms in total. The van der Waals surface area contributed by atoms with E-state index in [4.69, 9.17) is 9.47 Å². The van der Waals surface area contributed by atoms with Crippen LogP contribution in [0.5, 0.6) is 5.75 Å². The molecule has 1 amide bonds. The summed E-state index contributed by atoms with van der Waals surface area (Å²) in [6, 6.07) is 11.1. The molecule has 0 aliphatic rings. The molecule has 0 atom stereocenters. The molecule has 0 aliphatic carbocycles. The summed E-state index contributed by atoms with van der Waals surface area (Å²) in [6.45, 7) is 1.85. The first-order valence-corrected chi connectivity index (χ1v) is 8.32. The molecular formula is C20H18F3NO4. The molecule has 0 fully saturated rings. The highest BCUT2D eigenvalue weighted by Crippen LogP contribution is 2.29. The van der Waals surface area contributed by atoms with Crippen molar-refractivity contribution < 1.29 is 32.2 Å². The van der Waals surface area contributed by atoms with Gasteiger partial charge in [0.25, 0.3) is 5.91 Å². The summed E-state index contributed by atoms with van der Waals surface area (Å²) >= 11 is 0. The molecule has 28 heavy (non-hydrogen) atoms. The Morgan fingerprint density at radius 2 is 1.82 bits per heavy atom. The van der Waals surface area contributed by atoms with Crippen LogP contribution in [-0.4, -0.2) is 25.1 Å². The number of carbonyl (C=O) groups excluding carboxylic acids is 2. The van der Waals surface area contributed by atoms with Crippen molar-refractivity contribution in [3.05, 3.63) is 65.7 Å². The molecule has 0 bridgehead atoms. The lowest BCUT2D eigenvalue weighted by molar-refractivity contribution is -0.142. The Kier molecular flexibility index (Phi) is 7.20. The molecule has 2 aromatic carbocycles. The van der Waals surface area contributed by atoms with E-state index in [9.17, 15) is 22.8 Å². The number of alkyl halides is 3. The minimum atomic E-state index is -4.47. The van der Waals surface area contributed by atoms with E-state index in [1.807, 2.05) is 6.92 Å². The quantitative estimate of drug-likeness (QED) is 0.563. The van der Waals surface area contributed by atoms with E-state index in [0.29, 0.717) is 18.0 Å². The van der Waals surface area contributed by atoms with Crippen molar-refractivity contribution in [3.63, 3.8) is 0 Å². The zero-order valence-corrected chi connectivity index (χ0v) is 15.0. The van der Waals surface area contributed by atoms with Gasteiger partial charge in [-0.25, -0.2) is 4.79 Å². The number of hydrogen-bond donors (Lipinski definition) is 1. The molecule has 0 aromatic heterocycles. The molecule has 8 heteroatoms. The first kappa shape index (κ1) is 21.0. The lowest BCUT2D eigenvalue weighted by Crippen LogP contribution is -2.20. The number of nitrogens with one attached hydrogen (secondary N) is 1. The van der Waals surface area contributed by atoms with Crippen LogP contribution < -0.4 is 10.1 Å². The minimum Gasteiger partial charge on any atom is -0.494 e. The molecule has 0 unspecified atom stereocenters. The number of anilines is 1. The lowest BCUT2D eigenvalue weighted by Gasteiger charge is -2.07. The Hall–Kier alpha value is -3.29. The van der Waals surface area contributed by atoms with Crippen LogP contribution >= 0.6 is 0 Å². The number of rotatable bonds is 7. The maximum atomic E-state index is 12.6. The third-order valence-corrected chi connectivity index (χ3v) is 3.42. The van der Waals surface area contributed by atoms with E-state index < -0.39 is 30.2 Å².